The Labute approximate surface area is 197 Å². The minimum Gasteiger partial charge on any atom is -0.438 e. The predicted octanol–water partition coefficient (Wildman–Crippen LogP) is 4.97. The maximum Gasteiger partial charge on any atom is 0.285 e. The number of oxazole rings is 1. The Kier molecular flexibility index (Phi) is 6.41. The van der Waals surface area contributed by atoms with Crippen molar-refractivity contribution in [3.63, 3.8) is 0 Å². The van der Waals surface area contributed by atoms with E-state index >= 15 is 0 Å². The number of hydrogen-bond donors (Lipinski definition) is 1. The molecular formula is C23H26FN5O4S. The van der Waals surface area contributed by atoms with E-state index < -0.39 is 10.1 Å². The zero-order valence-corrected chi connectivity index (χ0v) is 20.4. The van der Waals surface area contributed by atoms with Crippen LogP contribution in [0.4, 0.5) is 10.3 Å². The Morgan fingerprint density at radius 2 is 1.76 bits per heavy atom. The van der Waals surface area contributed by atoms with Crippen molar-refractivity contribution >= 4 is 27.2 Å². The molecule has 4 rings (SSSR count). The summed E-state index contributed by atoms with van der Waals surface area (Å²) in [6.45, 7) is 8.50. The number of anilines is 1. The first kappa shape index (κ1) is 23.8. The lowest BCUT2D eigenvalue weighted by Gasteiger charge is -2.11. The summed E-state index contributed by atoms with van der Waals surface area (Å²) in [6.07, 6.45) is 0.943. The lowest BCUT2D eigenvalue weighted by atomic mass is 10.1. The van der Waals surface area contributed by atoms with Gasteiger partial charge >= 0.3 is 0 Å². The molecule has 1 N–H and O–H groups in total. The van der Waals surface area contributed by atoms with Gasteiger partial charge in [-0.05, 0) is 42.3 Å². The van der Waals surface area contributed by atoms with Crippen LogP contribution in [0, 0.1) is 11.7 Å². The predicted molar refractivity (Wildman–Crippen MR) is 127 cm³/mol. The zero-order chi connectivity index (χ0) is 24.6. The molecule has 4 aromatic rings. The standard InChI is InChI=1S/C23H26FN5O4S/c1-13(2)12-29-21-18(26-23(29)28-33-34(5,30)31)11-10-17(25-21)20-19(27-22(32-20)14(3)4)15-6-8-16(24)9-7-15/h6-11,13-14H,12H2,1-5H3,(H,26,28). The second kappa shape index (κ2) is 9.15. The highest BCUT2D eigenvalue weighted by Crippen LogP contribution is 2.35. The van der Waals surface area contributed by atoms with Crippen LogP contribution in [-0.4, -0.2) is 34.2 Å². The molecule has 0 unspecified atom stereocenters. The first-order valence-electron chi connectivity index (χ1n) is 10.8. The Hall–Kier alpha value is -3.31. The van der Waals surface area contributed by atoms with Crippen LogP contribution in [0.3, 0.4) is 0 Å². The van der Waals surface area contributed by atoms with Crippen molar-refractivity contribution < 1.29 is 21.5 Å². The maximum absolute atomic E-state index is 13.5. The number of aromatic nitrogens is 4. The monoisotopic (exact) mass is 487 g/mol. The van der Waals surface area contributed by atoms with E-state index in [1.54, 1.807) is 28.8 Å². The van der Waals surface area contributed by atoms with Crippen molar-refractivity contribution in [1.82, 2.24) is 19.5 Å². The molecule has 0 bridgehead atoms. The highest BCUT2D eigenvalue weighted by atomic mass is 32.2. The van der Waals surface area contributed by atoms with Crippen LogP contribution in [-0.2, 0) is 20.9 Å². The van der Waals surface area contributed by atoms with Gasteiger partial charge in [0.2, 0.25) is 5.95 Å². The number of pyridine rings is 1. The minimum atomic E-state index is -3.74. The van der Waals surface area contributed by atoms with Gasteiger partial charge in [0.1, 0.15) is 22.7 Å². The van der Waals surface area contributed by atoms with Gasteiger partial charge in [-0.3, -0.25) is 4.57 Å². The van der Waals surface area contributed by atoms with Gasteiger partial charge in [-0.2, -0.15) is 8.42 Å². The molecule has 0 fully saturated rings. The molecule has 0 saturated carbocycles. The minimum absolute atomic E-state index is 0.0343. The van der Waals surface area contributed by atoms with Gasteiger partial charge in [-0.25, -0.2) is 24.8 Å². The van der Waals surface area contributed by atoms with Crippen LogP contribution in [0.15, 0.2) is 40.8 Å². The van der Waals surface area contributed by atoms with Crippen molar-refractivity contribution in [1.29, 1.82) is 0 Å². The van der Waals surface area contributed by atoms with E-state index in [0.29, 0.717) is 46.3 Å². The Morgan fingerprint density at radius 1 is 1.06 bits per heavy atom. The van der Waals surface area contributed by atoms with E-state index in [9.17, 15) is 12.8 Å². The van der Waals surface area contributed by atoms with Crippen molar-refractivity contribution in [2.24, 2.45) is 5.92 Å². The molecule has 0 aliphatic heterocycles. The molecule has 9 nitrogen and oxygen atoms in total. The third-order valence-electron chi connectivity index (χ3n) is 4.91. The molecule has 0 amide bonds. The number of benzene rings is 1. The molecule has 0 spiro atoms. The Balaban J connectivity index is 1.86. The van der Waals surface area contributed by atoms with Gasteiger partial charge in [0.15, 0.2) is 17.3 Å². The second-order valence-corrected chi connectivity index (χ2v) is 10.3. The molecule has 11 heteroatoms. The number of nitrogens with one attached hydrogen (secondary N) is 1. The maximum atomic E-state index is 13.5. The van der Waals surface area contributed by atoms with Crippen molar-refractivity contribution in [2.75, 3.05) is 11.7 Å². The number of imidazole rings is 1. The summed E-state index contributed by atoms with van der Waals surface area (Å²) >= 11 is 0. The average Bonchev–Trinajstić information content (AvgIpc) is 3.34. The van der Waals surface area contributed by atoms with Crippen molar-refractivity contribution in [3.8, 4) is 22.7 Å². The molecule has 3 heterocycles. The molecule has 0 radical (unpaired) electrons. The van der Waals surface area contributed by atoms with Crippen LogP contribution in [0.5, 0.6) is 0 Å². The first-order valence-corrected chi connectivity index (χ1v) is 12.6. The molecule has 0 atom stereocenters. The van der Waals surface area contributed by atoms with Crippen LogP contribution >= 0.6 is 0 Å². The Morgan fingerprint density at radius 3 is 2.38 bits per heavy atom. The molecule has 3 aromatic heterocycles. The lowest BCUT2D eigenvalue weighted by Crippen LogP contribution is -2.15. The third kappa shape index (κ3) is 5.10. The van der Waals surface area contributed by atoms with Gasteiger partial charge in [-0.1, -0.05) is 27.7 Å². The van der Waals surface area contributed by atoms with Gasteiger partial charge in [0.25, 0.3) is 10.1 Å². The number of fused-ring (bicyclic) bond motifs is 1. The fourth-order valence-corrected chi connectivity index (χ4v) is 3.64. The molecule has 0 aliphatic rings. The van der Waals surface area contributed by atoms with Crippen LogP contribution < -0.4 is 5.48 Å². The number of halogens is 1. The summed E-state index contributed by atoms with van der Waals surface area (Å²) in [5, 5.41) is 0. The van der Waals surface area contributed by atoms with Gasteiger partial charge in [-0.15, -0.1) is 4.28 Å². The van der Waals surface area contributed by atoms with Gasteiger partial charge in [0.05, 0.1) is 6.26 Å². The summed E-state index contributed by atoms with van der Waals surface area (Å²) in [6, 6.07) is 9.56. The Bertz CT molecular complexity index is 1430. The van der Waals surface area contributed by atoms with E-state index in [1.807, 2.05) is 27.7 Å². The number of hydrogen-bond acceptors (Lipinski definition) is 8. The van der Waals surface area contributed by atoms with Gasteiger partial charge < -0.3 is 4.42 Å². The molecular weight excluding hydrogens is 461 g/mol. The fraction of sp³-hybridized carbons (Fsp3) is 0.348. The topological polar surface area (TPSA) is 112 Å². The average molecular weight is 488 g/mol. The number of nitrogens with zero attached hydrogens (tertiary/aromatic N) is 4. The second-order valence-electron chi connectivity index (χ2n) is 8.76. The van der Waals surface area contributed by atoms with E-state index in [-0.39, 0.29) is 23.6 Å². The highest BCUT2D eigenvalue weighted by Gasteiger charge is 2.22. The summed E-state index contributed by atoms with van der Waals surface area (Å²) in [5.41, 5.74) is 5.28. The molecule has 0 aliphatic carbocycles. The molecule has 34 heavy (non-hydrogen) atoms. The summed E-state index contributed by atoms with van der Waals surface area (Å²) in [5.74, 6) is 1.12. The van der Waals surface area contributed by atoms with Crippen LogP contribution in [0.25, 0.3) is 33.9 Å². The highest BCUT2D eigenvalue weighted by molar-refractivity contribution is 7.86. The lowest BCUT2D eigenvalue weighted by molar-refractivity contribution is 0.385. The van der Waals surface area contributed by atoms with E-state index in [0.717, 1.165) is 6.26 Å². The first-order chi connectivity index (χ1) is 16.0. The van der Waals surface area contributed by atoms with Gasteiger partial charge in [0, 0.05) is 18.0 Å². The van der Waals surface area contributed by atoms with Crippen LogP contribution in [0.2, 0.25) is 0 Å². The van der Waals surface area contributed by atoms with E-state index in [1.165, 1.54) is 12.1 Å². The van der Waals surface area contributed by atoms with Crippen molar-refractivity contribution in [3.05, 3.63) is 48.1 Å². The fourth-order valence-electron chi connectivity index (χ4n) is 3.42. The smallest absolute Gasteiger partial charge is 0.285 e. The largest absolute Gasteiger partial charge is 0.438 e. The normalized spacial score (nSPS) is 12.2. The SMILES string of the molecule is CC(C)Cn1c(NOS(C)(=O)=O)nc2ccc(-c3oc(C(C)C)nc3-c3ccc(F)cc3)nc21. The molecule has 1 aromatic carbocycles. The number of rotatable bonds is 8. The summed E-state index contributed by atoms with van der Waals surface area (Å²) < 4.78 is 49.0. The molecule has 0 saturated heterocycles. The zero-order valence-electron chi connectivity index (χ0n) is 19.5. The third-order valence-corrected chi connectivity index (χ3v) is 5.30. The van der Waals surface area contributed by atoms with Crippen molar-refractivity contribution in [2.45, 2.75) is 40.2 Å². The van der Waals surface area contributed by atoms with E-state index in [4.69, 9.17) is 13.7 Å². The van der Waals surface area contributed by atoms with Crippen LogP contribution in [0.1, 0.15) is 39.5 Å². The van der Waals surface area contributed by atoms with E-state index in [2.05, 4.69) is 15.4 Å². The quantitative estimate of drug-likeness (QED) is 0.347. The summed E-state index contributed by atoms with van der Waals surface area (Å²) in [4.78, 5) is 13.9. The molecule has 180 valence electrons. The summed E-state index contributed by atoms with van der Waals surface area (Å²) in [7, 11) is -3.74.